The Bertz CT molecular complexity index is 617. The third-order valence-electron chi connectivity index (χ3n) is 3.00. The van der Waals surface area contributed by atoms with Crippen LogP contribution in [0.15, 0.2) is 12.1 Å². The van der Waals surface area contributed by atoms with Crippen LogP contribution in [-0.4, -0.2) is 23.3 Å². The minimum Gasteiger partial charge on any atom is -0.384 e. The number of benzene rings is 1. The van der Waals surface area contributed by atoms with E-state index in [4.69, 9.17) is 17.0 Å². The molecule has 1 atom stereocenters. The van der Waals surface area contributed by atoms with Gasteiger partial charge in [0, 0.05) is 13.7 Å². The Morgan fingerprint density at radius 2 is 2.22 bits per heavy atom. The van der Waals surface area contributed by atoms with E-state index in [0.717, 1.165) is 17.6 Å². The first kappa shape index (κ1) is 13.2. The average Bonchev–Trinajstić information content (AvgIpc) is 2.57. The van der Waals surface area contributed by atoms with Crippen LogP contribution in [0.3, 0.4) is 0 Å². The Morgan fingerprint density at radius 3 is 2.89 bits per heavy atom. The topological polar surface area (TPSA) is 29.9 Å². The molecule has 2 aromatic rings. The molecule has 5 heteroatoms. The minimum atomic E-state index is -0.212. The van der Waals surface area contributed by atoms with Crippen molar-refractivity contribution in [2.45, 2.75) is 20.4 Å². The number of rotatable bonds is 4. The number of fused-ring (bicyclic) bond motifs is 1. The molecule has 0 fully saturated rings. The molecule has 1 aromatic carbocycles. The Kier molecular flexibility index (Phi) is 3.82. The van der Waals surface area contributed by atoms with E-state index in [0.29, 0.717) is 22.9 Å². The molecule has 1 N–H and O–H groups in total. The lowest BCUT2D eigenvalue weighted by molar-refractivity contribution is 0.152. The number of hydrogen-bond acceptors (Lipinski definition) is 2. The molecule has 0 bridgehead atoms. The smallest absolute Gasteiger partial charge is 0.178 e. The molecular formula is C13H17FN2OS. The molecule has 1 aromatic heterocycles. The van der Waals surface area contributed by atoms with Gasteiger partial charge in [-0.25, -0.2) is 4.39 Å². The number of H-pyrrole nitrogens is 1. The Hall–Kier alpha value is -1.20. The molecular weight excluding hydrogens is 251 g/mol. The molecule has 0 saturated heterocycles. The summed E-state index contributed by atoms with van der Waals surface area (Å²) in [4.78, 5) is 3.04. The van der Waals surface area contributed by atoms with Crippen LogP contribution in [0.4, 0.5) is 4.39 Å². The summed E-state index contributed by atoms with van der Waals surface area (Å²) in [6, 6.07) is 3.33. The second-order valence-corrected chi connectivity index (χ2v) is 5.11. The van der Waals surface area contributed by atoms with Crippen molar-refractivity contribution in [3.05, 3.63) is 28.3 Å². The van der Waals surface area contributed by atoms with E-state index >= 15 is 0 Å². The first-order valence-corrected chi connectivity index (χ1v) is 6.31. The molecule has 98 valence electrons. The van der Waals surface area contributed by atoms with E-state index in [9.17, 15) is 4.39 Å². The lowest BCUT2D eigenvalue weighted by Crippen LogP contribution is -2.12. The van der Waals surface area contributed by atoms with Crippen molar-refractivity contribution in [1.29, 1.82) is 0 Å². The molecule has 18 heavy (non-hydrogen) atoms. The Balaban J connectivity index is 2.47. The van der Waals surface area contributed by atoms with Gasteiger partial charge >= 0.3 is 0 Å². The lowest BCUT2D eigenvalue weighted by atomic mass is 10.2. The number of aryl methyl sites for hydroxylation is 1. The quantitative estimate of drug-likeness (QED) is 0.861. The van der Waals surface area contributed by atoms with Crippen molar-refractivity contribution in [3.63, 3.8) is 0 Å². The normalized spacial score (nSPS) is 13.1. The summed E-state index contributed by atoms with van der Waals surface area (Å²) in [5, 5.41) is 0. The van der Waals surface area contributed by atoms with Crippen LogP contribution < -0.4 is 0 Å². The molecule has 0 aliphatic heterocycles. The maximum Gasteiger partial charge on any atom is 0.178 e. The number of nitrogens with one attached hydrogen (secondary N) is 1. The Morgan fingerprint density at radius 1 is 1.50 bits per heavy atom. The zero-order valence-corrected chi connectivity index (χ0v) is 11.6. The van der Waals surface area contributed by atoms with E-state index < -0.39 is 0 Å². The van der Waals surface area contributed by atoms with Gasteiger partial charge in [0.2, 0.25) is 0 Å². The molecule has 0 amide bonds. The van der Waals surface area contributed by atoms with Gasteiger partial charge in [-0.2, -0.15) is 0 Å². The number of hydrogen-bond donors (Lipinski definition) is 1. The van der Waals surface area contributed by atoms with Gasteiger partial charge in [0.15, 0.2) is 4.77 Å². The second-order valence-electron chi connectivity index (χ2n) is 4.72. The summed E-state index contributed by atoms with van der Waals surface area (Å²) in [5.74, 6) is 0.141. The lowest BCUT2D eigenvalue weighted by Gasteiger charge is -2.12. The number of methoxy groups -OCH3 is 1. The van der Waals surface area contributed by atoms with E-state index in [-0.39, 0.29) is 5.82 Å². The monoisotopic (exact) mass is 268 g/mol. The first-order valence-electron chi connectivity index (χ1n) is 5.90. The van der Waals surface area contributed by atoms with Crippen molar-refractivity contribution in [2.75, 3.05) is 13.7 Å². The van der Waals surface area contributed by atoms with Gasteiger partial charge in [0.1, 0.15) is 5.82 Å². The van der Waals surface area contributed by atoms with E-state index in [1.165, 1.54) is 6.07 Å². The number of halogens is 1. The van der Waals surface area contributed by atoms with Crippen LogP contribution in [0.2, 0.25) is 0 Å². The molecule has 1 unspecified atom stereocenters. The van der Waals surface area contributed by atoms with Gasteiger partial charge in [0.25, 0.3) is 0 Å². The van der Waals surface area contributed by atoms with Crippen LogP contribution in [0, 0.1) is 23.4 Å². The number of aromatic amines is 1. The molecule has 0 spiro atoms. The van der Waals surface area contributed by atoms with Crippen LogP contribution in [0.5, 0.6) is 0 Å². The number of aromatic nitrogens is 2. The maximum absolute atomic E-state index is 13.5. The largest absolute Gasteiger partial charge is 0.384 e. The van der Waals surface area contributed by atoms with Crippen LogP contribution >= 0.6 is 12.2 Å². The highest BCUT2D eigenvalue weighted by molar-refractivity contribution is 7.71. The van der Waals surface area contributed by atoms with Crippen molar-refractivity contribution in [1.82, 2.24) is 9.55 Å². The van der Waals surface area contributed by atoms with Crippen molar-refractivity contribution >= 4 is 23.3 Å². The summed E-state index contributed by atoms with van der Waals surface area (Å²) in [5.41, 5.74) is 2.32. The van der Waals surface area contributed by atoms with Gasteiger partial charge in [0.05, 0.1) is 17.6 Å². The summed E-state index contributed by atoms with van der Waals surface area (Å²) in [7, 11) is 1.69. The maximum atomic E-state index is 13.5. The van der Waals surface area contributed by atoms with Crippen LogP contribution in [0.1, 0.15) is 12.5 Å². The first-order chi connectivity index (χ1) is 8.52. The average molecular weight is 268 g/mol. The summed E-state index contributed by atoms with van der Waals surface area (Å²) >= 11 is 5.29. The number of imidazole rings is 1. The molecule has 0 aliphatic rings. The number of nitrogens with zero attached hydrogens (tertiary/aromatic N) is 1. The second kappa shape index (κ2) is 5.20. The summed E-state index contributed by atoms with van der Waals surface area (Å²) in [6.45, 7) is 5.29. The minimum absolute atomic E-state index is 0.212. The summed E-state index contributed by atoms with van der Waals surface area (Å²) in [6.07, 6.45) is 0. The third kappa shape index (κ3) is 2.47. The zero-order valence-electron chi connectivity index (χ0n) is 10.8. The SMILES string of the molecule is COCC(C)Cn1c(=S)[nH]c2cc(F)c(C)cc21. The van der Waals surface area contributed by atoms with Crippen molar-refractivity contribution in [2.24, 2.45) is 5.92 Å². The summed E-state index contributed by atoms with van der Waals surface area (Å²) < 4.78 is 21.2. The van der Waals surface area contributed by atoms with E-state index in [2.05, 4.69) is 11.9 Å². The van der Waals surface area contributed by atoms with Gasteiger partial charge in [-0.05, 0) is 42.8 Å². The standard InChI is InChI=1S/C13H17FN2OS/c1-8(7-17-3)6-16-12-4-9(2)10(14)5-11(12)15-13(16)18/h4-5,8H,6-7H2,1-3H3,(H,15,18). The highest BCUT2D eigenvalue weighted by Gasteiger charge is 2.10. The van der Waals surface area contributed by atoms with E-state index in [1.807, 2.05) is 10.6 Å². The molecule has 0 radical (unpaired) electrons. The van der Waals surface area contributed by atoms with Crippen LogP contribution in [-0.2, 0) is 11.3 Å². The van der Waals surface area contributed by atoms with Gasteiger partial charge < -0.3 is 14.3 Å². The predicted octanol–water partition coefficient (Wildman–Crippen LogP) is 3.43. The Labute approximate surface area is 111 Å². The molecule has 0 saturated carbocycles. The van der Waals surface area contributed by atoms with Crippen LogP contribution in [0.25, 0.3) is 11.0 Å². The van der Waals surface area contributed by atoms with Gasteiger partial charge in [-0.3, -0.25) is 0 Å². The van der Waals surface area contributed by atoms with Crippen molar-refractivity contribution in [3.8, 4) is 0 Å². The van der Waals surface area contributed by atoms with Gasteiger partial charge in [-0.15, -0.1) is 0 Å². The van der Waals surface area contributed by atoms with Gasteiger partial charge in [-0.1, -0.05) is 6.92 Å². The molecule has 0 aliphatic carbocycles. The fraction of sp³-hybridized carbons (Fsp3) is 0.462. The van der Waals surface area contributed by atoms with E-state index in [1.54, 1.807) is 14.0 Å². The zero-order chi connectivity index (χ0) is 13.3. The molecule has 1 heterocycles. The molecule has 3 nitrogen and oxygen atoms in total. The van der Waals surface area contributed by atoms with Crippen molar-refractivity contribution < 1.29 is 9.13 Å². The molecule has 2 rings (SSSR count). The predicted molar refractivity (Wildman–Crippen MR) is 72.9 cm³/mol. The highest BCUT2D eigenvalue weighted by atomic mass is 32.1. The highest BCUT2D eigenvalue weighted by Crippen LogP contribution is 2.20. The number of ether oxygens (including phenoxy) is 1. The third-order valence-corrected chi connectivity index (χ3v) is 3.32. The fourth-order valence-corrected chi connectivity index (χ4v) is 2.39. The fourth-order valence-electron chi connectivity index (χ4n) is 2.11.